The standard InChI is InChI=1S/C30H33N3O4/c1-7-36-22-14-13-21(27(16-22)37-8-2)18-31-33-29(32-26-12-10-9-11-23(26)30(33)34)25-17-24(19(3)4)28(35-6)15-20(25)5/h9-19H,7-8H2,1-6H3. The molecule has 0 amide bonds. The summed E-state index contributed by atoms with van der Waals surface area (Å²) in [6.07, 6.45) is 1.63. The fourth-order valence-electron chi connectivity index (χ4n) is 4.25. The lowest BCUT2D eigenvalue weighted by molar-refractivity contribution is 0.323. The van der Waals surface area contributed by atoms with Crippen molar-refractivity contribution in [3.63, 3.8) is 0 Å². The molecular formula is C30H33N3O4. The molecule has 1 heterocycles. The Morgan fingerprint density at radius 3 is 2.46 bits per heavy atom. The van der Waals surface area contributed by atoms with Gasteiger partial charge in [-0.2, -0.15) is 9.78 Å². The molecule has 3 aromatic carbocycles. The summed E-state index contributed by atoms with van der Waals surface area (Å²) in [5.74, 6) is 2.83. The van der Waals surface area contributed by atoms with E-state index in [1.54, 1.807) is 19.4 Å². The second-order valence-corrected chi connectivity index (χ2v) is 8.94. The molecule has 4 aromatic rings. The van der Waals surface area contributed by atoms with Crippen molar-refractivity contribution in [2.45, 2.75) is 40.5 Å². The van der Waals surface area contributed by atoms with Crippen LogP contribution in [0.15, 0.2) is 64.5 Å². The van der Waals surface area contributed by atoms with E-state index in [2.05, 4.69) is 18.9 Å². The van der Waals surface area contributed by atoms with Crippen molar-refractivity contribution in [2.24, 2.45) is 5.10 Å². The third kappa shape index (κ3) is 5.35. The zero-order valence-electron chi connectivity index (χ0n) is 22.2. The molecule has 0 fully saturated rings. The van der Waals surface area contributed by atoms with E-state index in [9.17, 15) is 4.79 Å². The Balaban J connectivity index is 1.94. The van der Waals surface area contributed by atoms with E-state index >= 15 is 0 Å². The van der Waals surface area contributed by atoms with Crippen LogP contribution in [-0.4, -0.2) is 36.2 Å². The van der Waals surface area contributed by atoms with Crippen LogP contribution in [0.25, 0.3) is 22.3 Å². The molecule has 0 atom stereocenters. The predicted molar refractivity (Wildman–Crippen MR) is 149 cm³/mol. The van der Waals surface area contributed by atoms with Crippen LogP contribution in [0.3, 0.4) is 0 Å². The molecule has 0 bridgehead atoms. The van der Waals surface area contributed by atoms with E-state index in [1.807, 2.05) is 69.3 Å². The van der Waals surface area contributed by atoms with Crippen molar-refractivity contribution in [3.8, 4) is 28.6 Å². The molecule has 192 valence electrons. The summed E-state index contributed by atoms with van der Waals surface area (Å²) >= 11 is 0. The average molecular weight is 500 g/mol. The van der Waals surface area contributed by atoms with Gasteiger partial charge in [-0.05, 0) is 74.2 Å². The molecule has 0 N–H and O–H groups in total. The summed E-state index contributed by atoms with van der Waals surface area (Å²) in [6.45, 7) is 11.1. The van der Waals surface area contributed by atoms with Gasteiger partial charge in [0, 0.05) is 17.2 Å². The Hall–Kier alpha value is -4.13. The Morgan fingerprint density at radius 1 is 1.00 bits per heavy atom. The van der Waals surface area contributed by atoms with Crippen LogP contribution in [-0.2, 0) is 0 Å². The van der Waals surface area contributed by atoms with Gasteiger partial charge in [-0.3, -0.25) is 4.79 Å². The van der Waals surface area contributed by atoms with E-state index in [1.165, 1.54) is 4.68 Å². The van der Waals surface area contributed by atoms with Crippen LogP contribution in [0.2, 0.25) is 0 Å². The van der Waals surface area contributed by atoms with E-state index in [0.29, 0.717) is 41.4 Å². The number of hydrogen-bond donors (Lipinski definition) is 0. The molecule has 0 unspecified atom stereocenters. The van der Waals surface area contributed by atoms with Crippen LogP contribution in [0, 0.1) is 6.92 Å². The molecule has 7 heteroatoms. The molecule has 1 aromatic heterocycles. The van der Waals surface area contributed by atoms with Gasteiger partial charge in [0.1, 0.15) is 17.2 Å². The lowest BCUT2D eigenvalue weighted by Gasteiger charge is -2.17. The molecule has 0 saturated carbocycles. The van der Waals surface area contributed by atoms with E-state index < -0.39 is 0 Å². The van der Waals surface area contributed by atoms with Gasteiger partial charge in [-0.25, -0.2) is 4.98 Å². The summed E-state index contributed by atoms with van der Waals surface area (Å²) < 4.78 is 18.4. The normalized spacial score (nSPS) is 11.4. The van der Waals surface area contributed by atoms with Crippen LogP contribution in [0.4, 0.5) is 0 Å². The van der Waals surface area contributed by atoms with Crippen molar-refractivity contribution in [1.29, 1.82) is 0 Å². The number of aryl methyl sites for hydroxylation is 1. The van der Waals surface area contributed by atoms with Gasteiger partial charge in [-0.15, -0.1) is 0 Å². The van der Waals surface area contributed by atoms with E-state index in [4.69, 9.17) is 19.2 Å². The van der Waals surface area contributed by atoms with E-state index in [0.717, 1.165) is 28.0 Å². The predicted octanol–water partition coefficient (Wildman–Crippen LogP) is 6.18. The number of aromatic nitrogens is 2. The number of para-hydroxylation sites is 1. The zero-order chi connectivity index (χ0) is 26.5. The lowest BCUT2D eigenvalue weighted by Crippen LogP contribution is -2.21. The first-order valence-electron chi connectivity index (χ1n) is 12.5. The summed E-state index contributed by atoms with van der Waals surface area (Å²) in [7, 11) is 1.67. The highest BCUT2D eigenvalue weighted by Gasteiger charge is 2.18. The largest absolute Gasteiger partial charge is 0.496 e. The highest BCUT2D eigenvalue weighted by atomic mass is 16.5. The maximum Gasteiger partial charge on any atom is 0.282 e. The third-order valence-electron chi connectivity index (χ3n) is 6.10. The Morgan fingerprint density at radius 2 is 1.76 bits per heavy atom. The molecule has 0 aliphatic heterocycles. The monoisotopic (exact) mass is 499 g/mol. The summed E-state index contributed by atoms with van der Waals surface area (Å²) in [4.78, 5) is 18.6. The maximum absolute atomic E-state index is 13.7. The van der Waals surface area contributed by atoms with Crippen LogP contribution >= 0.6 is 0 Å². The number of ether oxygens (including phenoxy) is 3. The fourth-order valence-corrected chi connectivity index (χ4v) is 4.25. The number of rotatable bonds is 9. The molecule has 0 saturated heterocycles. The minimum atomic E-state index is -0.248. The minimum Gasteiger partial charge on any atom is -0.496 e. The first kappa shape index (κ1) is 25.9. The van der Waals surface area contributed by atoms with Crippen molar-refractivity contribution < 1.29 is 14.2 Å². The highest BCUT2D eigenvalue weighted by molar-refractivity contribution is 5.85. The lowest BCUT2D eigenvalue weighted by atomic mass is 9.96. The number of fused-ring (bicyclic) bond motifs is 1. The minimum absolute atomic E-state index is 0.219. The Bertz CT molecular complexity index is 1510. The zero-order valence-corrected chi connectivity index (χ0v) is 22.2. The summed E-state index contributed by atoms with van der Waals surface area (Å²) in [6, 6.07) is 16.9. The quantitative estimate of drug-likeness (QED) is 0.257. The molecule has 7 nitrogen and oxygen atoms in total. The average Bonchev–Trinajstić information content (AvgIpc) is 2.89. The third-order valence-corrected chi connectivity index (χ3v) is 6.10. The van der Waals surface area contributed by atoms with Crippen molar-refractivity contribution in [2.75, 3.05) is 20.3 Å². The Labute approximate surface area is 217 Å². The number of nitrogens with zero attached hydrogens (tertiary/aromatic N) is 3. The second kappa shape index (κ2) is 11.3. The van der Waals surface area contributed by atoms with Crippen LogP contribution in [0.5, 0.6) is 17.2 Å². The second-order valence-electron chi connectivity index (χ2n) is 8.94. The van der Waals surface area contributed by atoms with Gasteiger partial charge >= 0.3 is 0 Å². The van der Waals surface area contributed by atoms with Gasteiger partial charge < -0.3 is 14.2 Å². The topological polar surface area (TPSA) is 74.9 Å². The van der Waals surface area contributed by atoms with Crippen molar-refractivity contribution in [1.82, 2.24) is 9.66 Å². The molecular weight excluding hydrogens is 466 g/mol. The smallest absolute Gasteiger partial charge is 0.282 e. The van der Waals surface area contributed by atoms with Crippen molar-refractivity contribution in [3.05, 3.63) is 81.6 Å². The first-order chi connectivity index (χ1) is 17.9. The van der Waals surface area contributed by atoms with Gasteiger partial charge in [0.25, 0.3) is 5.56 Å². The van der Waals surface area contributed by atoms with Crippen LogP contribution < -0.4 is 19.8 Å². The number of hydrogen-bond acceptors (Lipinski definition) is 6. The first-order valence-corrected chi connectivity index (χ1v) is 12.5. The molecule has 0 aliphatic rings. The number of methoxy groups -OCH3 is 1. The van der Waals surface area contributed by atoms with Gasteiger partial charge in [-0.1, -0.05) is 26.0 Å². The summed E-state index contributed by atoms with van der Waals surface area (Å²) in [5.41, 5.74) is 3.88. The SMILES string of the molecule is CCOc1ccc(C=Nn2c(-c3cc(C(C)C)c(OC)cc3C)nc3ccccc3c2=O)c(OCC)c1. The van der Waals surface area contributed by atoms with E-state index in [-0.39, 0.29) is 11.5 Å². The maximum atomic E-state index is 13.7. The summed E-state index contributed by atoms with van der Waals surface area (Å²) in [5, 5.41) is 5.14. The Kier molecular flexibility index (Phi) is 7.92. The van der Waals surface area contributed by atoms with Gasteiger partial charge in [0.05, 0.1) is 37.4 Å². The van der Waals surface area contributed by atoms with Gasteiger partial charge in [0.2, 0.25) is 0 Å². The van der Waals surface area contributed by atoms with Gasteiger partial charge in [0.15, 0.2) is 5.82 Å². The van der Waals surface area contributed by atoms with Crippen LogP contribution in [0.1, 0.15) is 50.3 Å². The molecule has 0 radical (unpaired) electrons. The molecule has 0 spiro atoms. The molecule has 4 rings (SSSR count). The fraction of sp³-hybridized carbons (Fsp3) is 0.300. The van der Waals surface area contributed by atoms with Crippen molar-refractivity contribution >= 4 is 17.1 Å². The molecule has 37 heavy (non-hydrogen) atoms. The highest BCUT2D eigenvalue weighted by Crippen LogP contribution is 2.34. The molecule has 0 aliphatic carbocycles. The number of benzene rings is 3.